The highest BCUT2D eigenvalue weighted by atomic mass is 16.5. The predicted molar refractivity (Wildman–Crippen MR) is 127 cm³/mol. The summed E-state index contributed by atoms with van der Waals surface area (Å²) in [5.41, 5.74) is 4.47. The molecule has 2 aromatic carbocycles. The molecule has 0 fully saturated rings. The molecule has 0 spiro atoms. The Morgan fingerprint density at radius 3 is 2.12 bits per heavy atom. The second kappa shape index (κ2) is 11.8. The molecule has 0 aliphatic carbocycles. The lowest BCUT2D eigenvalue weighted by Crippen LogP contribution is -2.30. The number of hydrogen-bond acceptors (Lipinski definition) is 7. The quantitative estimate of drug-likeness (QED) is 0.471. The number of methoxy groups -OCH3 is 2. The van der Waals surface area contributed by atoms with Gasteiger partial charge in [0.2, 0.25) is 11.9 Å². The topological polar surface area (TPSA) is 88.6 Å². The third-order valence-electron chi connectivity index (χ3n) is 4.78. The largest absolute Gasteiger partial charge is 0.383 e. The molecule has 1 heterocycles. The maximum Gasteiger partial charge on any atom is 0.227 e. The Labute approximate surface area is 188 Å². The smallest absolute Gasteiger partial charge is 0.227 e. The number of nitrogens with one attached hydrogen (secondary N) is 2. The number of amides is 1. The average Bonchev–Trinajstić information content (AvgIpc) is 2.80. The molecular formula is C24H29N5O3. The Morgan fingerprint density at radius 1 is 0.906 bits per heavy atom. The van der Waals surface area contributed by atoms with Gasteiger partial charge >= 0.3 is 0 Å². The Bertz CT molecular complexity index is 985. The molecule has 3 aromatic rings. The summed E-state index contributed by atoms with van der Waals surface area (Å²) in [6.45, 7) is 4.36. The van der Waals surface area contributed by atoms with Crippen LogP contribution in [0.1, 0.15) is 6.92 Å². The van der Waals surface area contributed by atoms with E-state index < -0.39 is 0 Å². The summed E-state index contributed by atoms with van der Waals surface area (Å²) in [6, 6.07) is 17.5. The third-order valence-corrected chi connectivity index (χ3v) is 4.78. The fourth-order valence-electron chi connectivity index (χ4n) is 3.16. The van der Waals surface area contributed by atoms with E-state index in [1.807, 2.05) is 42.5 Å². The molecule has 32 heavy (non-hydrogen) atoms. The summed E-state index contributed by atoms with van der Waals surface area (Å²) in [5.74, 6) is 0.412. The lowest BCUT2D eigenvalue weighted by Gasteiger charge is -2.24. The van der Waals surface area contributed by atoms with Crippen LogP contribution in [0.5, 0.6) is 0 Å². The van der Waals surface area contributed by atoms with Gasteiger partial charge in [0, 0.05) is 63.1 Å². The van der Waals surface area contributed by atoms with Crippen LogP contribution in [0.2, 0.25) is 0 Å². The van der Waals surface area contributed by atoms with Crippen molar-refractivity contribution in [2.75, 3.05) is 56.1 Å². The van der Waals surface area contributed by atoms with Crippen molar-refractivity contribution in [2.24, 2.45) is 0 Å². The molecule has 0 saturated heterocycles. The first kappa shape index (κ1) is 23.2. The highest BCUT2D eigenvalue weighted by Gasteiger charge is 2.08. The Balaban J connectivity index is 1.69. The number of carbonyl (C=O) groups excluding carboxylic acids is 1. The van der Waals surface area contributed by atoms with E-state index in [0.717, 1.165) is 41.4 Å². The first-order chi connectivity index (χ1) is 15.6. The normalized spacial score (nSPS) is 10.6. The third kappa shape index (κ3) is 6.76. The van der Waals surface area contributed by atoms with Crippen LogP contribution in [0.15, 0.2) is 60.8 Å². The lowest BCUT2D eigenvalue weighted by molar-refractivity contribution is -0.114. The molecule has 0 aliphatic rings. The van der Waals surface area contributed by atoms with Gasteiger partial charge in [0.1, 0.15) is 0 Å². The summed E-state index contributed by atoms with van der Waals surface area (Å²) in [4.78, 5) is 22.4. The van der Waals surface area contributed by atoms with Crippen molar-refractivity contribution in [1.29, 1.82) is 0 Å². The van der Waals surface area contributed by atoms with Crippen molar-refractivity contribution in [1.82, 2.24) is 9.97 Å². The first-order valence-corrected chi connectivity index (χ1v) is 10.4. The molecule has 2 N–H and O–H groups in total. The number of anilines is 4. The molecule has 3 rings (SSSR count). The molecule has 1 aromatic heterocycles. The minimum atomic E-state index is -0.0993. The van der Waals surface area contributed by atoms with E-state index >= 15 is 0 Å². The molecule has 0 aliphatic heterocycles. The minimum Gasteiger partial charge on any atom is -0.383 e. The van der Waals surface area contributed by atoms with Gasteiger partial charge in [-0.3, -0.25) is 4.79 Å². The van der Waals surface area contributed by atoms with Gasteiger partial charge in [-0.05, 0) is 42.5 Å². The highest BCUT2D eigenvalue weighted by Crippen LogP contribution is 2.23. The zero-order valence-electron chi connectivity index (χ0n) is 18.7. The monoisotopic (exact) mass is 435 g/mol. The van der Waals surface area contributed by atoms with Crippen molar-refractivity contribution in [3.05, 3.63) is 60.8 Å². The molecule has 0 bridgehead atoms. The van der Waals surface area contributed by atoms with Gasteiger partial charge in [0.05, 0.1) is 18.9 Å². The Morgan fingerprint density at radius 2 is 1.53 bits per heavy atom. The van der Waals surface area contributed by atoms with Crippen molar-refractivity contribution in [3.8, 4) is 11.3 Å². The molecule has 168 valence electrons. The standard InChI is InChI=1S/C24H29N5O3/c1-18(30)26-20-6-4-19(5-7-20)23-12-13-25-24(28-23)27-21-8-10-22(11-9-21)29(14-16-31-2)15-17-32-3/h4-13H,14-17H2,1-3H3,(H,26,30)(H,25,27,28). The predicted octanol–water partition coefficient (Wildman–Crippen LogP) is 3.94. The van der Waals surface area contributed by atoms with E-state index in [4.69, 9.17) is 9.47 Å². The van der Waals surface area contributed by atoms with Crippen LogP contribution in [-0.4, -0.2) is 56.4 Å². The number of rotatable bonds is 11. The van der Waals surface area contributed by atoms with Gasteiger partial charge in [0.25, 0.3) is 0 Å². The van der Waals surface area contributed by atoms with Gasteiger partial charge in [-0.25, -0.2) is 9.97 Å². The number of nitrogens with zero attached hydrogens (tertiary/aromatic N) is 3. The van der Waals surface area contributed by atoms with Crippen molar-refractivity contribution >= 4 is 28.9 Å². The molecule has 1 amide bonds. The molecule has 8 heteroatoms. The zero-order chi connectivity index (χ0) is 22.8. The first-order valence-electron chi connectivity index (χ1n) is 10.4. The SMILES string of the molecule is COCCN(CCOC)c1ccc(Nc2nccc(-c3ccc(NC(C)=O)cc3)n2)cc1. The van der Waals surface area contributed by atoms with Crippen LogP contribution in [0.25, 0.3) is 11.3 Å². The summed E-state index contributed by atoms with van der Waals surface area (Å²) in [6.07, 6.45) is 1.72. The van der Waals surface area contributed by atoms with E-state index in [2.05, 4.69) is 37.6 Å². The van der Waals surface area contributed by atoms with E-state index in [1.54, 1.807) is 20.4 Å². The maximum atomic E-state index is 11.2. The number of ether oxygens (including phenoxy) is 2. The second-order valence-electron chi connectivity index (χ2n) is 7.17. The van der Waals surface area contributed by atoms with Gasteiger partial charge < -0.3 is 25.0 Å². The zero-order valence-corrected chi connectivity index (χ0v) is 18.7. The summed E-state index contributed by atoms with van der Waals surface area (Å²) < 4.78 is 10.4. The van der Waals surface area contributed by atoms with Crippen LogP contribution in [-0.2, 0) is 14.3 Å². The van der Waals surface area contributed by atoms with Crippen molar-refractivity contribution in [3.63, 3.8) is 0 Å². The summed E-state index contributed by atoms with van der Waals surface area (Å²) in [7, 11) is 3.40. The molecular weight excluding hydrogens is 406 g/mol. The maximum absolute atomic E-state index is 11.2. The van der Waals surface area contributed by atoms with Gasteiger partial charge in [-0.1, -0.05) is 12.1 Å². The van der Waals surface area contributed by atoms with Crippen LogP contribution in [0.4, 0.5) is 23.0 Å². The van der Waals surface area contributed by atoms with Crippen molar-refractivity contribution < 1.29 is 14.3 Å². The number of benzene rings is 2. The van der Waals surface area contributed by atoms with Gasteiger partial charge in [-0.15, -0.1) is 0 Å². The molecule has 0 atom stereocenters. The molecule has 8 nitrogen and oxygen atoms in total. The van der Waals surface area contributed by atoms with Gasteiger partial charge in [0.15, 0.2) is 0 Å². The fraction of sp³-hybridized carbons (Fsp3) is 0.292. The number of carbonyl (C=O) groups is 1. The van der Waals surface area contributed by atoms with E-state index in [9.17, 15) is 4.79 Å². The highest BCUT2D eigenvalue weighted by molar-refractivity contribution is 5.88. The van der Waals surface area contributed by atoms with Crippen LogP contribution < -0.4 is 15.5 Å². The number of aromatic nitrogens is 2. The van der Waals surface area contributed by atoms with E-state index in [1.165, 1.54) is 6.92 Å². The fourth-order valence-corrected chi connectivity index (χ4v) is 3.16. The second-order valence-corrected chi connectivity index (χ2v) is 7.17. The molecule has 0 unspecified atom stereocenters. The Hall–Kier alpha value is -3.49. The van der Waals surface area contributed by atoms with E-state index in [-0.39, 0.29) is 5.91 Å². The van der Waals surface area contributed by atoms with Crippen LogP contribution in [0, 0.1) is 0 Å². The van der Waals surface area contributed by atoms with Gasteiger partial charge in [-0.2, -0.15) is 0 Å². The summed E-state index contributed by atoms with van der Waals surface area (Å²) >= 11 is 0. The molecule has 0 radical (unpaired) electrons. The lowest BCUT2D eigenvalue weighted by atomic mass is 10.1. The molecule has 0 saturated carbocycles. The minimum absolute atomic E-state index is 0.0993. The average molecular weight is 436 g/mol. The van der Waals surface area contributed by atoms with E-state index in [0.29, 0.717) is 19.2 Å². The van der Waals surface area contributed by atoms with Crippen LogP contribution >= 0.6 is 0 Å². The number of hydrogen-bond donors (Lipinski definition) is 2. The van der Waals surface area contributed by atoms with Crippen molar-refractivity contribution in [2.45, 2.75) is 6.92 Å². The Kier molecular flexibility index (Phi) is 8.53. The summed E-state index contributed by atoms with van der Waals surface area (Å²) in [5, 5.41) is 6.02. The van der Waals surface area contributed by atoms with Crippen LogP contribution in [0.3, 0.4) is 0 Å².